The SMILES string of the molecule is Cc1nsc(N2CCC(COc3ccnc(C(F)(F)F)c3)CC2)n1. The molecule has 2 aromatic heterocycles. The second-order valence-corrected chi connectivity index (χ2v) is 6.47. The molecule has 0 spiro atoms. The molecule has 0 amide bonds. The molecule has 0 aliphatic carbocycles. The van der Waals surface area contributed by atoms with E-state index < -0.39 is 11.9 Å². The third-order valence-corrected chi connectivity index (χ3v) is 4.78. The molecule has 3 rings (SSSR count). The van der Waals surface area contributed by atoms with Gasteiger partial charge in [-0.1, -0.05) is 0 Å². The molecular weight excluding hydrogens is 341 g/mol. The van der Waals surface area contributed by atoms with Crippen LogP contribution in [-0.4, -0.2) is 34.0 Å². The van der Waals surface area contributed by atoms with E-state index in [4.69, 9.17) is 4.74 Å². The van der Waals surface area contributed by atoms with Crippen LogP contribution in [0.2, 0.25) is 0 Å². The zero-order chi connectivity index (χ0) is 17.2. The summed E-state index contributed by atoms with van der Waals surface area (Å²) in [5, 5.41) is 0.927. The minimum Gasteiger partial charge on any atom is -0.493 e. The van der Waals surface area contributed by atoms with E-state index in [1.807, 2.05) is 6.92 Å². The summed E-state index contributed by atoms with van der Waals surface area (Å²) in [4.78, 5) is 9.89. The monoisotopic (exact) mass is 358 g/mol. The van der Waals surface area contributed by atoms with Crippen LogP contribution in [0.4, 0.5) is 18.3 Å². The Hall–Kier alpha value is -1.90. The van der Waals surface area contributed by atoms with Gasteiger partial charge in [0.15, 0.2) is 0 Å². The Morgan fingerprint density at radius 3 is 2.71 bits per heavy atom. The van der Waals surface area contributed by atoms with E-state index in [-0.39, 0.29) is 5.75 Å². The lowest BCUT2D eigenvalue weighted by atomic mass is 9.98. The summed E-state index contributed by atoms with van der Waals surface area (Å²) in [6.45, 7) is 3.98. The Morgan fingerprint density at radius 2 is 2.08 bits per heavy atom. The number of anilines is 1. The van der Waals surface area contributed by atoms with Gasteiger partial charge in [-0.25, -0.2) is 4.98 Å². The summed E-state index contributed by atoms with van der Waals surface area (Å²) >= 11 is 1.39. The number of ether oxygens (including phenoxy) is 1. The number of rotatable bonds is 4. The van der Waals surface area contributed by atoms with Crippen LogP contribution in [-0.2, 0) is 6.18 Å². The fraction of sp³-hybridized carbons (Fsp3) is 0.533. The van der Waals surface area contributed by atoms with E-state index in [1.54, 1.807) is 0 Å². The molecule has 1 aliphatic heterocycles. The lowest BCUT2D eigenvalue weighted by Gasteiger charge is -2.31. The lowest BCUT2D eigenvalue weighted by Crippen LogP contribution is -2.35. The molecule has 24 heavy (non-hydrogen) atoms. The highest BCUT2D eigenvalue weighted by Crippen LogP contribution is 2.30. The molecule has 1 fully saturated rings. The fourth-order valence-electron chi connectivity index (χ4n) is 2.58. The third-order valence-electron chi connectivity index (χ3n) is 3.91. The number of pyridine rings is 1. The van der Waals surface area contributed by atoms with E-state index in [0.717, 1.165) is 49.2 Å². The van der Waals surface area contributed by atoms with Crippen molar-refractivity contribution in [2.24, 2.45) is 5.92 Å². The number of hydrogen-bond acceptors (Lipinski definition) is 6. The molecule has 0 N–H and O–H groups in total. The summed E-state index contributed by atoms with van der Waals surface area (Å²) in [7, 11) is 0. The first-order valence-corrected chi connectivity index (χ1v) is 8.40. The second-order valence-electron chi connectivity index (χ2n) is 5.74. The predicted molar refractivity (Wildman–Crippen MR) is 84.3 cm³/mol. The average Bonchev–Trinajstić information content (AvgIpc) is 2.99. The molecule has 0 unspecified atom stereocenters. The average molecular weight is 358 g/mol. The van der Waals surface area contributed by atoms with Crippen LogP contribution in [0.3, 0.4) is 0 Å². The zero-order valence-corrected chi connectivity index (χ0v) is 13.9. The molecule has 3 heterocycles. The molecule has 2 aromatic rings. The van der Waals surface area contributed by atoms with Crippen LogP contribution in [0.1, 0.15) is 24.4 Å². The van der Waals surface area contributed by atoms with Gasteiger partial charge in [0.1, 0.15) is 17.3 Å². The third kappa shape index (κ3) is 4.14. The second kappa shape index (κ2) is 6.92. The minimum absolute atomic E-state index is 0.208. The first-order valence-electron chi connectivity index (χ1n) is 7.63. The van der Waals surface area contributed by atoms with Crippen LogP contribution in [0, 0.1) is 12.8 Å². The Morgan fingerprint density at radius 1 is 1.33 bits per heavy atom. The first kappa shape index (κ1) is 16.9. The molecule has 1 saturated heterocycles. The van der Waals surface area contributed by atoms with Crippen molar-refractivity contribution in [1.82, 2.24) is 14.3 Å². The fourth-order valence-corrected chi connectivity index (χ4v) is 3.30. The normalized spacial score (nSPS) is 16.4. The quantitative estimate of drug-likeness (QED) is 0.837. The summed E-state index contributed by atoms with van der Waals surface area (Å²) < 4.78 is 47.6. The maximum absolute atomic E-state index is 12.6. The molecule has 0 atom stereocenters. The Kier molecular flexibility index (Phi) is 4.88. The number of alkyl halides is 3. The molecule has 0 saturated carbocycles. The molecule has 5 nitrogen and oxygen atoms in total. The topological polar surface area (TPSA) is 51.1 Å². The van der Waals surface area contributed by atoms with Crippen molar-refractivity contribution < 1.29 is 17.9 Å². The molecule has 0 aromatic carbocycles. The number of nitrogens with zero attached hydrogens (tertiary/aromatic N) is 4. The van der Waals surface area contributed by atoms with Crippen molar-refractivity contribution in [3.05, 3.63) is 29.8 Å². The van der Waals surface area contributed by atoms with Gasteiger partial charge in [-0.2, -0.15) is 17.5 Å². The Balaban J connectivity index is 1.50. The molecular formula is C15H17F3N4OS. The molecule has 9 heteroatoms. The van der Waals surface area contributed by atoms with Crippen molar-refractivity contribution in [2.45, 2.75) is 25.9 Å². The van der Waals surface area contributed by atoms with E-state index in [0.29, 0.717) is 12.5 Å². The highest BCUT2D eigenvalue weighted by Gasteiger charge is 2.32. The Bertz CT molecular complexity index is 683. The molecule has 1 aliphatic rings. The maximum atomic E-state index is 12.6. The Labute approximate surface area is 141 Å². The number of aryl methyl sites for hydroxylation is 1. The van der Waals surface area contributed by atoms with Crippen molar-refractivity contribution in [3.63, 3.8) is 0 Å². The van der Waals surface area contributed by atoms with E-state index in [1.165, 1.54) is 17.6 Å². The van der Waals surface area contributed by atoms with Crippen molar-refractivity contribution in [3.8, 4) is 5.75 Å². The largest absolute Gasteiger partial charge is 0.493 e. The summed E-state index contributed by atoms with van der Waals surface area (Å²) in [6.07, 6.45) is -1.51. The standard InChI is InChI=1S/C15H17F3N4OS/c1-10-20-14(24-21-10)22-6-3-11(4-7-22)9-23-12-2-5-19-13(8-12)15(16,17)18/h2,5,8,11H,3-4,6-7,9H2,1H3. The van der Waals surface area contributed by atoms with Gasteiger partial charge in [-0.05, 0) is 31.7 Å². The zero-order valence-electron chi connectivity index (χ0n) is 13.1. The number of halogens is 3. The van der Waals surface area contributed by atoms with Crippen LogP contribution < -0.4 is 9.64 Å². The van der Waals surface area contributed by atoms with Crippen molar-refractivity contribution in [2.75, 3.05) is 24.6 Å². The van der Waals surface area contributed by atoms with Crippen LogP contribution in [0.15, 0.2) is 18.3 Å². The minimum atomic E-state index is -4.45. The van der Waals surface area contributed by atoms with E-state index in [2.05, 4.69) is 19.2 Å². The van der Waals surface area contributed by atoms with E-state index >= 15 is 0 Å². The summed E-state index contributed by atoms with van der Waals surface area (Å²) in [5.41, 5.74) is -0.929. The van der Waals surface area contributed by atoms with Crippen LogP contribution in [0.25, 0.3) is 0 Å². The van der Waals surface area contributed by atoms with Gasteiger partial charge in [0.2, 0.25) is 5.13 Å². The van der Waals surface area contributed by atoms with Crippen molar-refractivity contribution in [1.29, 1.82) is 0 Å². The van der Waals surface area contributed by atoms with Crippen LogP contribution in [0.5, 0.6) is 5.75 Å². The summed E-state index contributed by atoms with van der Waals surface area (Å²) in [6, 6.07) is 2.40. The van der Waals surface area contributed by atoms with Gasteiger partial charge in [0.05, 0.1) is 6.61 Å². The van der Waals surface area contributed by atoms with Gasteiger partial charge >= 0.3 is 6.18 Å². The number of piperidine rings is 1. The first-order chi connectivity index (χ1) is 11.4. The van der Waals surface area contributed by atoms with Crippen molar-refractivity contribution >= 4 is 16.7 Å². The predicted octanol–water partition coefficient (Wildman–Crippen LogP) is 3.56. The van der Waals surface area contributed by atoms with E-state index in [9.17, 15) is 13.2 Å². The summed E-state index contributed by atoms with van der Waals surface area (Å²) in [5.74, 6) is 1.30. The van der Waals surface area contributed by atoms with Gasteiger partial charge < -0.3 is 9.64 Å². The smallest absolute Gasteiger partial charge is 0.433 e. The number of hydrogen-bond donors (Lipinski definition) is 0. The highest BCUT2D eigenvalue weighted by molar-refractivity contribution is 7.09. The highest BCUT2D eigenvalue weighted by atomic mass is 32.1. The molecule has 0 bridgehead atoms. The molecule has 0 radical (unpaired) electrons. The lowest BCUT2D eigenvalue weighted by molar-refractivity contribution is -0.141. The van der Waals surface area contributed by atoms with Crippen LogP contribution >= 0.6 is 11.5 Å². The van der Waals surface area contributed by atoms with Gasteiger partial charge in [-0.15, -0.1) is 0 Å². The molecule has 130 valence electrons. The van der Waals surface area contributed by atoms with Gasteiger partial charge in [0.25, 0.3) is 0 Å². The number of aromatic nitrogens is 3. The van der Waals surface area contributed by atoms with Gasteiger partial charge in [0, 0.05) is 36.9 Å². The maximum Gasteiger partial charge on any atom is 0.433 e. The van der Waals surface area contributed by atoms with Gasteiger partial charge in [-0.3, -0.25) is 4.98 Å².